The Morgan fingerprint density at radius 2 is 1.42 bits per heavy atom. The van der Waals surface area contributed by atoms with Crippen molar-refractivity contribution in [2.24, 2.45) is 0 Å². The Morgan fingerprint density at radius 1 is 0.769 bits per heavy atom. The summed E-state index contributed by atoms with van der Waals surface area (Å²) in [5, 5.41) is 4.15. The second kappa shape index (κ2) is 7.28. The molecule has 0 aliphatic carbocycles. The summed E-state index contributed by atoms with van der Waals surface area (Å²) in [6.07, 6.45) is 0.618. The highest BCUT2D eigenvalue weighted by atomic mass is 16.1. The van der Waals surface area contributed by atoms with Gasteiger partial charge >= 0.3 is 0 Å². The van der Waals surface area contributed by atoms with E-state index in [1.807, 2.05) is 72.8 Å². The van der Waals surface area contributed by atoms with E-state index in [2.05, 4.69) is 22.4 Å². The zero-order chi connectivity index (χ0) is 17.8. The average Bonchev–Trinajstić information content (AvgIpc) is 2.70. The third-order valence-corrected chi connectivity index (χ3v) is 4.56. The summed E-state index contributed by atoms with van der Waals surface area (Å²) in [4.78, 5) is 16.6. The zero-order valence-electron chi connectivity index (χ0n) is 14.4. The first-order chi connectivity index (χ1) is 12.8. The maximum Gasteiger partial charge on any atom is 0.193 e. The molecule has 128 valence electrons. The van der Waals surface area contributed by atoms with Gasteiger partial charge in [0.2, 0.25) is 0 Å². The Hall–Kier alpha value is -3.33. The number of fused-ring (bicyclic) bond motifs is 1. The molecule has 26 heavy (non-hydrogen) atoms. The monoisotopic (exact) mass is 340 g/mol. The van der Waals surface area contributed by atoms with Crippen molar-refractivity contribution < 1.29 is 0 Å². The van der Waals surface area contributed by atoms with Crippen molar-refractivity contribution in [1.29, 1.82) is 0 Å². The lowest BCUT2D eigenvalue weighted by atomic mass is 10.0. The summed E-state index contributed by atoms with van der Waals surface area (Å²) in [5.74, 6) is 0. The largest absolute Gasteiger partial charge is 0.379 e. The van der Waals surface area contributed by atoms with Crippen LogP contribution in [-0.2, 0) is 13.0 Å². The van der Waals surface area contributed by atoms with E-state index in [0.29, 0.717) is 13.0 Å². The van der Waals surface area contributed by atoms with E-state index in [1.54, 1.807) is 0 Å². The Labute approximate surface area is 152 Å². The normalized spacial score (nSPS) is 10.8. The van der Waals surface area contributed by atoms with Crippen LogP contribution in [0, 0.1) is 0 Å². The number of rotatable bonds is 5. The Bertz CT molecular complexity index is 1070. The molecule has 0 amide bonds. The number of para-hydroxylation sites is 2. The van der Waals surface area contributed by atoms with Gasteiger partial charge in [-0.15, -0.1) is 0 Å². The molecule has 0 spiro atoms. The van der Waals surface area contributed by atoms with Gasteiger partial charge in [0.05, 0.1) is 6.54 Å². The number of benzene rings is 3. The number of anilines is 1. The molecule has 0 aliphatic rings. The van der Waals surface area contributed by atoms with Gasteiger partial charge in [0.15, 0.2) is 5.43 Å². The highest BCUT2D eigenvalue weighted by molar-refractivity contribution is 5.79. The summed E-state index contributed by atoms with van der Waals surface area (Å²) in [6, 6.07) is 27.8. The molecule has 3 aromatic carbocycles. The molecule has 0 aliphatic heterocycles. The molecule has 0 radical (unpaired) electrons. The van der Waals surface area contributed by atoms with Crippen LogP contribution in [0.3, 0.4) is 0 Å². The van der Waals surface area contributed by atoms with Crippen LogP contribution in [0.2, 0.25) is 0 Å². The van der Waals surface area contributed by atoms with Crippen molar-refractivity contribution in [3.8, 4) is 0 Å². The molecule has 4 aromatic rings. The number of nitrogens with one attached hydrogen (secondary N) is 2. The van der Waals surface area contributed by atoms with Crippen molar-refractivity contribution in [3.05, 3.63) is 112 Å². The van der Waals surface area contributed by atoms with E-state index in [0.717, 1.165) is 33.4 Å². The van der Waals surface area contributed by atoms with Crippen molar-refractivity contribution >= 4 is 16.6 Å². The summed E-state index contributed by atoms with van der Waals surface area (Å²) in [7, 11) is 0. The van der Waals surface area contributed by atoms with Gasteiger partial charge in [-0.25, -0.2) is 0 Å². The minimum atomic E-state index is 0.105. The number of aromatic amines is 1. The lowest BCUT2D eigenvalue weighted by Crippen LogP contribution is -2.17. The Morgan fingerprint density at radius 3 is 2.19 bits per heavy atom. The van der Waals surface area contributed by atoms with Crippen LogP contribution in [0.5, 0.6) is 0 Å². The van der Waals surface area contributed by atoms with Crippen LogP contribution in [0.4, 0.5) is 5.69 Å². The van der Waals surface area contributed by atoms with E-state index in [1.165, 1.54) is 0 Å². The van der Waals surface area contributed by atoms with Gasteiger partial charge in [-0.2, -0.15) is 0 Å². The molecule has 4 rings (SSSR count). The number of hydrogen-bond donors (Lipinski definition) is 2. The van der Waals surface area contributed by atoms with Gasteiger partial charge in [0.25, 0.3) is 0 Å². The lowest BCUT2D eigenvalue weighted by Gasteiger charge is -2.13. The Balaban J connectivity index is 1.76. The Kier molecular flexibility index (Phi) is 4.52. The molecule has 0 atom stereocenters. The average molecular weight is 340 g/mol. The predicted molar refractivity (Wildman–Crippen MR) is 108 cm³/mol. The van der Waals surface area contributed by atoms with Crippen molar-refractivity contribution in [1.82, 2.24) is 4.98 Å². The number of aromatic nitrogens is 1. The van der Waals surface area contributed by atoms with Crippen molar-refractivity contribution in [2.75, 3.05) is 5.32 Å². The molecule has 2 N–H and O–H groups in total. The molecule has 3 heteroatoms. The van der Waals surface area contributed by atoms with Gasteiger partial charge in [-0.3, -0.25) is 4.79 Å². The van der Waals surface area contributed by atoms with Crippen LogP contribution < -0.4 is 10.7 Å². The fraction of sp³-hybridized carbons (Fsp3) is 0.0870. The quantitative estimate of drug-likeness (QED) is 0.551. The maximum atomic E-state index is 13.1. The molecule has 0 unspecified atom stereocenters. The molecular formula is C23H20N2O. The first-order valence-corrected chi connectivity index (χ1v) is 8.77. The zero-order valence-corrected chi connectivity index (χ0v) is 14.4. The van der Waals surface area contributed by atoms with E-state index in [4.69, 9.17) is 0 Å². The van der Waals surface area contributed by atoms with Crippen molar-refractivity contribution in [2.45, 2.75) is 13.0 Å². The van der Waals surface area contributed by atoms with Crippen molar-refractivity contribution in [3.63, 3.8) is 0 Å². The third-order valence-electron chi connectivity index (χ3n) is 4.56. The van der Waals surface area contributed by atoms with E-state index >= 15 is 0 Å². The summed E-state index contributed by atoms with van der Waals surface area (Å²) in [5.41, 5.74) is 4.90. The second-order valence-electron chi connectivity index (χ2n) is 6.34. The third kappa shape index (κ3) is 3.38. The van der Waals surface area contributed by atoms with Crippen LogP contribution in [-0.4, -0.2) is 4.98 Å². The van der Waals surface area contributed by atoms with Crippen LogP contribution in [0.1, 0.15) is 16.8 Å². The highest BCUT2D eigenvalue weighted by Crippen LogP contribution is 2.16. The molecular weight excluding hydrogens is 320 g/mol. The number of hydrogen-bond acceptors (Lipinski definition) is 2. The molecule has 3 nitrogen and oxygen atoms in total. The van der Waals surface area contributed by atoms with E-state index in [9.17, 15) is 4.79 Å². The topological polar surface area (TPSA) is 44.9 Å². The lowest BCUT2D eigenvalue weighted by molar-refractivity contribution is 0.995. The SMILES string of the molecule is O=c1c(Cc2ccccc2)c(CNc2ccccc2)[nH]c2ccccc12. The highest BCUT2D eigenvalue weighted by Gasteiger charge is 2.12. The van der Waals surface area contributed by atoms with Gasteiger partial charge in [0.1, 0.15) is 0 Å². The number of H-pyrrole nitrogens is 1. The molecule has 0 bridgehead atoms. The van der Waals surface area contributed by atoms with E-state index < -0.39 is 0 Å². The summed E-state index contributed by atoms with van der Waals surface area (Å²) >= 11 is 0. The summed E-state index contributed by atoms with van der Waals surface area (Å²) in [6.45, 7) is 0.576. The first kappa shape index (κ1) is 16.2. The summed E-state index contributed by atoms with van der Waals surface area (Å²) < 4.78 is 0. The number of pyridine rings is 1. The maximum absolute atomic E-state index is 13.1. The first-order valence-electron chi connectivity index (χ1n) is 8.77. The standard InChI is InChI=1S/C23H20N2O/c26-23-19-13-7-8-14-21(19)25-22(16-24-18-11-5-2-6-12-18)20(23)15-17-9-3-1-4-10-17/h1-14,24H,15-16H2,(H,25,26). The molecule has 1 aromatic heterocycles. The molecule has 1 heterocycles. The minimum absolute atomic E-state index is 0.105. The predicted octanol–water partition coefficient (Wildman–Crippen LogP) is 4.73. The fourth-order valence-electron chi connectivity index (χ4n) is 3.21. The van der Waals surface area contributed by atoms with Gasteiger partial charge in [0, 0.05) is 34.3 Å². The van der Waals surface area contributed by atoms with Gasteiger partial charge in [-0.05, 0) is 29.8 Å². The second-order valence-corrected chi connectivity index (χ2v) is 6.34. The van der Waals surface area contributed by atoms with Crippen LogP contribution in [0.25, 0.3) is 10.9 Å². The smallest absolute Gasteiger partial charge is 0.193 e. The van der Waals surface area contributed by atoms with Gasteiger partial charge in [-0.1, -0.05) is 60.7 Å². The minimum Gasteiger partial charge on any atom is -0.379 e. The van der Waals surface area contributed by atoms with E-state index in [-0.39, 0.29) is 5.43 Å². The molecule has 0 saturated heterocycles. The van der Waals surface area contributed by atoms with Crippen LogP contribution >= 0.6 is 0 Å². The van der Waals surface area contributed by atoms with Gasteiger partial charge < -0.3 is 10.3 Å². The molecule has 0 fully saturated rings. The van der Waals surface area contributed by atoms with Crippen LogP contribution in [0.15, 0.2) is 89.7 Å². The molecule has 0 saturated carbocycles. The fourth-order valence-corrected chi connectivity index (χ4v) is 3.21.